The molecule has 0 aromatic heterocycles. The minimum absolute atomic E-state index is 0.00751. The van der Waals surface area contributed by atoms with Crippen LogP contribution in [0, 0.1) is 35.5 Å². The summed E-state index contributed by atoms with van der Waals surface area (Å²) >= 11 is 0. The molecule has 5 heterocycles. The van der Waals surface area contributed by atoms with E-state index in [1.54, 1.807) is 112 Å². The van der Waals surface area contributed by atoms with Crippen molar-refractivity contribution in [1.29, 1.82) is 0 Å². The van der Waals surface area contributed by atoms with E-state index in [9.17, 15) is 126 Å². The fourth-order valence-electron chi connectivity index (χ4n) is 18.9. The minimum atomic E-state index is -1.92. The summed E-state index contributed by atoms with van der Waals surface area (Å²) < 4.78 is 0. The maximum Gasteiger partial charge on any atom is 0.326 e. The molecule has 5 saturated heterocycles. The number of carboxylic acid groups (broad SMARTS) is 1. The topological polar surface area (TPSA) is 733 Å². The van der Waals surface area contributed by atoms with E-state index in [0.717, 1.165) is 4.90 Å². The second kappa shape index (κ2) is 57.7. The van der Waals surface area contributed by atoms with Gasteiger partial charge in [-0.3, -0.25) is 101 Å². The first-order valence-electron chi connectivity index (χ1n) is 51.2. The van der Waals surface area contributed by atoms with E-state index < -0.39 is 301 Å². The lowest BCUT2D eigenvalue weighted by molar-refractivity contribution is -0.149. The molecule has 820 valence electrons. The van der Waals surface area contributed by atoms with Crippen LogP contribution >= 0.6 is 0 Å². The van der Waals surface area contributed by atoms with Gasteiger partial charge in [-0.2, -0.15) is 0 Å². The van der Waals surface area contributed by atoms with E-state index >= 15 is 0 Å². The second-order valence-corrected chi connectivity index (χ2v) is 40.8. The number of phenols is 1. The van der Waals surface area contributed by atoms with Gasteiger partial charge in [-0.05, 0) is 156 Å². The number of aromatic hydroxyl groups is 1. The molecule has 0 bridgehead atoms. The van der Waals surface area contributed by atoms with Crippen LogP contribution in [0.15, 0.2) is 54.6 Å². The van der Waals surface area contributed by atoms with E-state index in [0.29, 0.717) is 30.4 Å². The molecule has 0 saturated carbocycles. The number of rotatable bonds is 56. The molecule has 0 aliphatic carbocycles. The highest BCUT2D eigenvalue weighted by molar-refractivity contribution is 6.03. The highest BCUT2D eigenvalue weighted by Gasteiger charge is 2.49. The molecule has 7 rings (SSSR count). The third-order valence-corrected chi connectivity index (χ3v) is 27.3. The molecule has 48 heteroatoms. The SMILES string of the molecule is CC[C@H](C)[C@H](NC(=O)[C@H](CC(N)=O)NC(=O)[C@H](CCC(N)=O)NC(=O)[C@@H]1CCCN1C(=O)[C@H](CC(C)C)NC(=O)[C@H](CO)NC(=O)[C@H](CC(N)=O)NC(=O)[C@@H]1CCCN1C(=O)[C@@H](NC(=O)[C@@H]1CCCN1C(=O)CNC(=O)[C@@H](NC(=O)[C@H](Cc1ccccc1)NC(=O)[C@@H]1CCCN1C(=O)[C@H](Cc1ccc(O)cc1)NC(=O)[C@@H](NC(=O)[C@@H](N)CC(C)C)C(C)C)[C@@H](C)O)[C@@H](C)CC)C(=O)N[C@@H](CC(C)C)C(=O)N1CCC[C@H]1C(=O)O. The summed E-state index contributed by atoms with van der Waals surface area (Å²) in [4.78, 5) is 315. The molecule has 0 radical (unpaired) electrons. The van der Waals surface area contributed by atoms with Gasteiger partial charge in [0.05, 0.1) is 38.1 Å². The van der Waals surface area contributed by atoms with E-state index in [4.69, 9.17) is 22.9 Å². The first kappa shape index (κ1) is 121. The summed E-state index contributed by atoms with van der Waals surface area (Å²) in [6.07, 6.45) is -2.22. The molecule has 0 spiro atoms. The number of nitrogens with one attached hydrogen (secondary N) is 13. The molecule has 2 aromatic carbocycles. The largest absolute Gasteiger partial charge is 0.508 e. The van der Waals surface area contributed by atoms with Gasteiger partial charge < -0.3 is 137 Å². The standard InChI is InChI=1S/C100H154N22O26/c1-14-55(11)80(95(142)111-67(44-53(7)8)97(144)122-41-23-30-74(122)100(147)148)115-87(134)65(48-77(104)128)107-84(131)62(35-36-75(102)126)106-89(136)71-27-20-38-119(71)96(143)66(43-52(5)6)110-88(135)69(50-123)113-85(132)64(47-76(103)127)109-91(138)73-29-22-40-121(73)99(146)81(56(12)15-2)116-92(139)70-26-19-37-118(70)78(129)49-105-93(140)82(57(13)124)117-86(133)63(45-58-24-17-16-18-25-58)108-90(137)72-28-21-39-120(72)98(145)68(46-59-31-33-60(125)34-32-59)112-94(141)79(54(9)10)114-83(130)61(101)42-51(3)4/h16-18,24-25,31-34,51-57,61-74,79-82,123-125H,14-15,19-23,26-30,35-50,101H2,1-13H3,(H2,102,126)(H2,103,127)(H2,104,128)(H,105,140)(H,106,136)(H,107,131)(H,108,137)(H,109,138)(H,110,135)(H,111,142)(H,112,141)(H,113,132)(H,114,130)(H,115,134)(H,116,139)(H,117,133)(H,147,148)/t55-,56-,57+,61-,62-,63-,64-,65-,66-,67-,68-,69-,70-,71-,72-,73-,74-,79-,80-,81-,82-/m0/s1. The first-order valence-corrected chi connectivity index (χ1v) is 51.2. The maximum atomic E-state index is 15.0. The van der Waals surface area contributed by atoms with Gasteiger partial charge in [0.2, 0.25) is 124 Å². The van der Waals surface area contributed by atoms with Gasteiger partial charge in [0.15, 0.2) is 0 Å². The number of primary amides is 3. The number of aliphatic carboxylic acids is 1. The van der Waals surface area contributed by atoms with Crippen LogP contribution in [0.4, 0.5) is 0 Å². The van der Waals surface area contributed by atoms with Crippen LogP contribution in [0.3, 0.4) is 0 Å². The van der Waals surface area contributed by atoms with Gasteiger partial charge in [-0.15, -0.1) is 0 Å². The van der Waals surface area contributed by atoms with Crippen molar-refractivity contribution < 1.29 is 126 Å². The van der Waals surface area contributed by atoms with Crippen molar-refractivity contribution in [2.45, 2.75) is 340 Å². The Labute approximate surface area is 861 Å². The summed E-state index contributed by atoms with van der Waals surface area (Å²) in [5, 5.41) is 75.2. The van der Waals surface area contributed by atoms with Crippen LogP contribution in [-0.2, 0) is 118 Å². The van der Waals surface area contributed by atoms with Gasteiger partial charge in [0.1, 0.15) is 108 Å². The number of hydrogen-bond donors (Lipinski definition) is 21. The monoisotopic (exact) mass is 2080 g/mol. The number of benzene rings is 2. The third kappa shape index (κ3) is 35.4. The van der Waals surface area contributed by atoms with Crippen LogP contribution in [0.5, 0.6) is 5.75 Å². The summed E-state index contributed by atoms with van der Waals surface area (Å²) in [7, 11) is 0. The number of carbonyl (C=O) groups is 22. The average Bonchev–Trinajstić information content (AvgIpc) is 1.64. The van der Waals surface area contributed by atoms with Crippen molar-refractivity contribution in [1.82, 2.24) is 93.6 Å². The first-order chi connectivity index (χ1) is 69.8. The molecule has 21 atom stereocenters. The van der Waals surface area contributed by atoms with Gasteiger partial charge in [0.25, 0.3) is 0 Å². The lowest BCUT2D eigenvalue weighted by Gasteiger charge is -2.33. The van der Waals surface area contributed by atoms with Crippen molar-refractivity contribution >= 4 is 130 Å². The predicted octanol–water partition coefficient (Wildman–Crippen LogP) is -4.25. The Morgan fingerprint density at radius 1 is 0.365 bits per heavy atom. The molecule has 5 aliphatic rings. The maximum absolute atomic E-state index is 15.0. The molecule has 148 heavy (non-hydrogen) atoms. The number of amides is 21. The molecule has 21 amide bonds. The number of aliphatic hydroxyl groups is 2. The number of nitrogens with zero attached hydrogens (tertiary/aromatic N) is 5. The Bertz CT molecular complexity index is 5030. The Balaban J connectivity index is 0.976. The summed E-state index contributed by atoms with van der Waals surface area (Å²) in [5.74, 6) is -22.8. The molecule has 25 N–H and O–H groups in total. The molecular formula is C100H154N22O26. The number of phenolic OH excluding ortho intramolecular Hbond substituents is 1. The number of carbonyl (C=O) groups excluding carboxylic acids is 21. The number of aliphatic hydroxyl groups excluding tert-OH is 2. The molecular weight excluding hydrogens is 1930 g/mol. The number of likely N-dealkylation sites (tertiary alicyclic amines) is 5. The molecule has 48 nitrogen and oxygen atoms in total. The third-order valence-electron chi connectivity index (χ3n) is 27.3. The quantitative estimate of drug-likeness (QED) is 0.0298. The Morgan fingerprint density at radius 3 is 1.20 bits per heavy atom. The van der Waals surface area contributed by atoms with E-state index in [2.05, 4.69) is 69.1 Å². The predicted molar refractivity (Wildman–Crippen MR) is 534 cm³/mol. The van der Waals surface area contributed by atoms with Crippen molar-refractivity contribution in [3.63, 3.8) is 0 Å². The highest BCUT2D eigenvalue weighted by Crippen LogP contribution is 2.29. The zero-order valence-corrected chi connectivity index (χ0v) is 86.7. The van der Waals surface area contributed by atoms with Gasteiger partial charge in [-0.25, -0.2) is 4.79 Å². The van der Waals surface area contributed by atoms with Crippen molar-refractivity contribution in [3.05, 3.63) is 65.7 Å². The lowest BCUT2D eigenvalue weighted by atomic mass is 9.96. The molecule has 2 aromatic rings. The van der Waals surface area contributed by atoms with Gasteiger partial charge in [-0.1, -0.05) is 138 Å². The second-order valence-electron chi connectivity index (χ2n) is 40.8. The summed E-state index contributed by atoms with van der Waals surface area (Å²) in [6.45, 7) is 20.1. The smallest absolute Gasteiger partial charge is 0.326 e. The Kier molecular flexibility index (Phi) is 47.3. The zero-order valence-electron chi connectivity index (χ0n) is 86.7. The van der Waals surface area contributed by atoms with Crippen molar-refractivity contribution in [2.24, 2.45) is 58.4 Å². The van der Waals surface area contributed by atoms with Crippen LogP contribution in [0.25, 0.3) is 0 Å². The normalized spacial score (nSPS) is 19.8. The molecule has 5 fully saturated rings. The van der Waals surface area contributed by atoms with E-state index in [1.165, 1.54) is 38.7 Å². The van der Waals surface area contributed by atoms with Crippen molar-refractivity contribution in [3.8, 4) is 5.75 Å². The van der Waals surface area contributed by atoms with Crippen LogP contribution in [0.2, 0.25) is 0 Å². The highest BCUT2D eigenvalue weighted by atomic mass is 16.4. The summed E-state index contributed by atoms with van der Waals surface area (Å²) in [6, 6.07) is -11.5. The summed E-state index contributed by atoms with van der Waals surface area (Å²) in [5.41, 5.74) is 24.0. The fourth-order valence-corrected chi connectivity index (χ4v) is 18.9. The van der Waals surface area contributed by atoms with Gasteiger partial charge >= 0.3 is 5.97 Å². The lowest BCUT2D eigenvalue weighted by Crippen LogP contribution is -2.62. The average molecular weight is 2080 g/mol. The number of carboxylic acids is 1. The molecule has 5 aliphatic heterocycles. The van der Waals surface area contributed by atoms with Gasteiger partial charge in [0, 0.05) is 52.0 Å². The van der Waals surface area contributed by atoms with E-state index in [-0.39, 0.29) is 146 Å². The Hall–Kier alpha value is -13.5. The Morgan fingerprint density at radius 2 is 0.730 bits per heavy atom. The minimum Gasteiger partial charge on any atom is -0.508 e. The van der Waals surface area contributed by atoms with Crippen LogP contribution < -0.4 is 92.1 Å². The molecule has 0 unspecified atom stereocenters. The van der Waals surface area contributed by atoms with E-state index in [1.807, 2.05) is 13.8 Å². The van der Waals surface area contributed by atoms with Crippen LogP contribution in [0.1, 0.15) is 223 Å². The number of nitrogens with two attached hydrogens (primary N) is 4. The fraction of sp³-hybridized carbons (Fsp3) is 0.660. The zero-order chi connectivity index (χ0) is 110. The van der Waals surface area contributed by atoms with Crippen molar-refractivity contribution in [2.75, 3.05) is 45.9 Å². The van der Waals surface area contributed by atoms with Crippen LogP contribution in [-0.4, -0.2) is 336 Å². The number of hydrogen-bond acceptors (Lipinski definition) is 26.